The van der Waals surface area contributed by atoms with Crippen LogP contribution < -0.4 is 6.15 Å². The van der Waals surface area contributed by atoms with Crippen LogP contribution in [-0.2, 0) is 0 Å². The van der Waals surface area contributed by atoms with Crippen molar-refractivity contribution >= 4 is 34.0 Å². The van der Waals surface area contributed by atoms with Gasteiger partial charge in [0.25, 0.3) is 0 Å². The molecule has 0 radical (unpaired) electrons. The second-order valence-electron chi connectivity index (χ2n) is 0.560. The van der Waals surface area contributed by atoms with Crippen molar-refractivity contribution in [3.63, 3.8) is 0 Å². The van der Waals surface area contributed by atoms with Gasteiger partial charge in [-0.1, -0.05) is 5.21 Å². The molecule has 0 saturated carbocycles. The summed E-state index contributed by atoms with van der Waals surface area (Å²) in [5.74, 6) is 0. The Bertz CT molecular complexity index is 66.9. The van der Waals surface area contributed by atoms with E-state index in [2.05, 4.69) is 20.6 Å². The molecule has 0 aliphatic carbocycles. The Labute approximate surface area is 67.4 Å². The van der Waals surface area contributed by atoms with Crippen LogP contribution in [0.15, 0.2) is 6.33 Å². The molecule has 0 unspecified atom stereocenters. The van der Waals surface area contributed by atoms with Crippen LogP contribution in [-0.4, -0.2) is 20.6 Å². The average Bonchev–Trinajstić information content (AvgIpc) is 1.76. The second-order valence-corrected chi connectivity index (χ2v) is 0.560. The summed E-state index contributed by atoms with van der Waals surface area (Å²) >= 11 is 0. The van der Waals surface area contributed by atoms with Gasteiger partial charge in [0.15, 0.2) is 6.33 Å². The Morgan fingerprint density at radius 1 is 1.25 bits per heavy atom. The van der Waals surface area contributed by atoms with Crippen molar-refractivity contribution in [2.24, 2.45) is 0 Å². The monoisotopic (exact) mass is 247 g/mol. The van der Waals surface area contributed by atoms with Crippen LogP contribution in [0.3, 0.4) is 0 Å². The zero-order valence-corrected chi connectivity index (χ0v) is 7.37. The minimum Gasteiger partial charge on any atom is -0.344 e. The van der Waals surface area contributed by atoms with E-state index in [1.54, 1.807) is 0 Å². The molecule has 0 fully saturated rings. The number of tetrazole rings is 1. The van der Waals surface area contributed by atoms with Gasteiger partial charge in [0.05, 0.1) is 0 Å². The third-order valence-corrected chi connectivity index (χ3v) is 0.270. The summed E-state index contributed by atoms with van der Waals surface area (Å²) in [6.45, 7) is 0. The topological polar surface area (TPSA) is 89.5 Å². The van der Waals surface area contributed by atoms with Gasteiger partial charge in [0.1, 0.15) is 0 Å². The third-order valence-electron chi connectivity index (χ3n) is 0.270. The fraction of sp³-hybridized carbons (Fsp3) is 0. The summed E-state index contributed by atoms with van der Waals surface area (Å²) in [7, 11) is 0. The average molecular weight is 249 g/mol. The van der Waals surface area contributed by atoms with Gasteiger partial charge in [-0.25, -0.2) is 0 Å². The zero-order valence-electron chi connectivity index (χ0n) is 3.94. The fourth-order valence-electron chi connectivity index (χ4n) is 0.129. The van der Waals surface area contributed by atoms with Crippen LogP contribution in [0.5, 0.6) is 0 Å². The van der Waals surface area contributed by atoms with Gasteiger partial charge in [-0.15, -0.1) is 44.2 Å². The quantitative estimate of drug-likeness (QED) is 0.701. The van der Waals surface area contributed by atoms with Gasteiger partial charge < -0.3 is 6.15 Å². The van der Waals surface area contributed by atoms with Crippen molar-refractivity contribution in [2.75, 3.05) is 0 Å². The van der Waals surface area contributed by atoms with Crippen molar-refractivity contribution in [2.45, 2.75) is 0 Å². The van der Waals surface area contributed by atoms with Gasteiger partial charge in [-0.3, -0.25) is 0 Å². The summed E-state index contributed by atoms with van der Waals surface area (Å²) in [6.07, 6.45) is 1.33. The van der Waals surface area contributed by atoms with Gasteiger partial charge in [0.2, 0.25) is 0 Å². The molecule has 8 heavy (non-hydrogen) atoms. The van der Waals surface area contributed by atoms with Crippen molar-refractivity contribution in [1.82, 2.24) is 26.8 Å². The molecule has 0 atom stereocenters. The van der Waals surface area contributed by atoms with Crippen molar-refractivity contribution in [1.29, 1.82) is 0 Å². The van der Waals surface area contributed by atoms with E-state index < -0.39 is 0 Å². The summed E-state index contributed by atoms with van der Waals surface area (Å²) in [5.41, 5.74) is 0. The highest BCUT2D eigenvalue weighted by Crippen LogP contribution is 1.43. The zero-order chi connectivity index (χ0) is 3.54. The first-order valence-corrected chi connectivity index (χ1v) is 1.16. The molecule has 0 spiro atoms. The smallest absolute Gasteiger partial charge is 0.161 e. The molecule has 4 N–H and O–H groups in total. The van der Waals surface area contributed by atoms with Gasteiger partial charge in [0, 0.05) is 0 Å². The normalized spacial score (nSPS) is 5.00. The minimum atomic E-state index is 0. The standard InChI is InChI=1S/CH2N4.2BrH.H3N/c1-2-4-5-3-1;;;/h1H,(H,2,3,4,5);2*1H;1H3. The number of nitrogens with one attached hydrogen (secondary N) is 1. The van der Waals surface area contributed by atoms with Crippen molar-refractivity contribution < 1.29 is 0 Å². The highest BCUT2D eigenvalue weighted by Gasteiger charge is 1.58. The minimum absolute atomic E-state index is 0. The molecular formula is CH7Br2N5. The van der Waals surface area contributed by atoms with E-state index in [0.29, 0.717) is 0 Å². The summed E-state index contributed by atoms with van der Waals surface area (Å²) in [5, 5.41) is 12.2. The van der Waals surface area contributed by atoms with E-state index in [1.165, 1.54) is 6.33 Å². The van der Waals surface area contributed by atoms with Gasteiger partial charge >= 0.3 is 0 Å². The Hall–Kier alpha value is -0.0100. The fourth-order valence-corrected chi connectivity index (χ4v) is 0.129. The first-order chi connectivity index (χ1) is 2.50. The molecule has 0 amide bonds. The van der Waals surface area contributed by atoms with E-state index in [9.17, 15) is 0 Å². The number of aromatic amines is 1. The number of H-pyrrole nitrogens is 1. The first kappa shape index (κ1) is 15.7. The number of halogens is 2. The lowest BCUT2D eigenvalue weighted by molar-refractivity contribution is 0.881. The molecule has 0 aliphatic heterocycles. The van der Waals surface area contributed by atoms with Crippen LogP contribution in [0.4, 0.5) is 0 Å². The highest BCUT2D eigenvalue weighted by atomic mass is 79.9. The van der Waals surface area contributed by atoms with E-state index in [4.69, 9.17) is 0 Å². The van der Waals surface area contributed by atoms with Crippen LogP contribution in [0.2, 0.25) is 0 Å². The number of rotatable bonds is 0. The molecule has 0 aromatic carbocycles. The van der Waals surface area contributed by atoms with Crippen LogP contribution in [0.25, 0.3) is 0 Å². The molecule has 0 saturated heterocycles. The highest BCUT2D eigenvalue weighted by molar-refractivity contribution is 8.93. The molecule has 1 aromatic rings. The van der Waals surface area contributed by atoms with Crippen molar-refractivity contribution in [3.8, 4) is 0 Å². The van der Waals surface area contributed by atoms with Crippen LogP contribution >= 0.6 is 34.0 Å². The second kappa shape index (κ2) is 10.1. The number of hydrogen-bond acceptors (Lipinski definition) is 4. The Morgan fingerprint density at radius 3 is 2.00 bits per heavy atom. The number of hydrogen-bond donors (Lipinski definition) is 2. The predicted molar refractivity (Wildman–Crippen MR) is 39.8 cm³/mol. The Morgan fingerprint density at radius 2 is 1.88 bits per heavy atom. The van der Waals surface area contributed by atoms with Gasteiger partial charge in [-0.2, -0.15) is 5.21 Å². The van der Waals surface area contributed by atoms with Crippen LogP contribution in [0, 0.1) is 0 Å². The lowest BCUT2D eigenvalue weighted by Gasteiger charge is -1.44. The SMILES string of the molecule is Br.Br.N.c1nn[nH]n1. The molecule has 7 heteroatoms. The predicted octanol–water partition coefficient (Wildman–Crippen LogP) is 0.517. The Balaban J connectivity index is -0.0000000833. The first-order valence-electron chi connectivity index (χ1n) is 1.16. The molecule has 0 bridgehead atoms. The molecule has 50 valence electrons. The maximum atomic E-state index is 3.38. The maximum Gasteiger partial charge on any atom is 0.161 e. The molecular weight excluding hydrogens is 242 g/mol. The molecule has 1 heterocycles. The molecule has 0 aliphatic rings. The molecule has 1 aromatic heterocycles. The van der Waals surface area contributed by atoms with Crippen molar-refractivity contribution in [3.05, 3.63) is 6.33 Å². The van der Waals surface area contributed by atoms with E-state index in [1.807, 2.05) is 0 Å². The Kier molecular flexibility index (Phi) is 19.7. The number of aromatic nitrogens is 4. The molecule has 5 nitrogen and oxygen atoms in total. The lowest BCUT2D eigenvalue weighted by Crippen LogP contribution is -1.64. The molecule has 1 rings (SSSR count). The van der Waals surface area contributed by atoms with E-state index in [0.717, 1.165) is 0 Å². The summed E-state index contributed by atoms with van der Waals surface area (Å²) in [6, 6.07) is 0. The largest absolute Gasteiger partial charge is 0.344 e. The van der Waals surface area contributed by atoms with E-state index >= 15 is 0 Å². The van der Waals surface area contributed by atoms with E-state index in [-0.39, 0.29) is 40.1 Å². The van der Waals surface area contributed by atoms with Crippen LogP contribution in [0.1, 0.15) is 0 Å². The summed E-state index contributed by atoms with van der Waals surface area (Å²) in [4.78, 5) is 0. The maximum absolute atomic E-state index is 3.38. The van der Waals surface area contributed by atoms with Gasteiger partial charge in [-0.05, 0) is 0 Å². The number of nitrogens with zero attached hydrogens (tertiary/aromatic N) is 3. The summed E-state index contributed by atoms with van der Waals surface area (Å²) < 4.78 is 0. The third kappa shape index (κ3) is 5.99. The lowest BCUT2D eigenvalue weighted by atomic mass is 11.4.